The van der Waals surface area contributed by atoms with E-state index in [1.165, 1.54) is 6.07 Å². The van der Waals surface area contributed by atoms with Crippen LogP contribution in [0.25, 0.3) is 0 Å². The summed E-state index contributed by atoms with van der Waals surface area (Å²) < 4.78 is 27.3. The fourth-order valence-electron chi connectivity index (χ4n) is 0.945. The van der Waals surface area contributed by atoms with E-state index in [2.05, 4.69) is 15.9 Å². The van der Waals surface area contributed by atoms with Gasteiger partial charge in [-0.3, -0.25) is 0 Å². The molecule has 0 radical (unpaired) electrons. The molecule has 0 bridgehead atoms. The Balaban J connectivity index is 2.93. The van der Waals surface area contributed by atoms with Crippen LogP contribution in [0.3, 0.4) is 0 Å². The predicted octanol–water partition coefficient (Wildman–Crippen LogP) is 3.26. The van der Waals surface area contributed by atoms with Gasteiger partial charge in [0.1, 0.15) is 0 Å². The third-order valence-corrected chi connectivity index (χ3v) is 3.92. The van der Waals surface area contributed by atoms with Gasteiger partial charge in [0, 0.05) is 15.8 Å². The van der Waals surface area contributed by atoms with Crippen molar-refractivity contribution in [2.24, 2.45) is 5.73 Å². The Kier molecular flexibility index (Phi) is 3.43. The monoisotopic (exact) mass is 269 g/mol. The average Bonchev–Trinajstić information content (AvgIpc) is 2.33. The van der Waals surface area contributed by atoms with Crippen LogP contribution >= 0.6 is 27.3 Å². The number of thiophene rings is 1. The van der Waals surface area contributed by atoms with Crippen molar-refractivity contribution in [3.63, 3.8) is 0 Å². The van der Waals surface area contributed by atoms with Gasteiger partial charge in [0.15, 0.2) is 0 Å². The standard InChI is InChI=1S/C8H10BrF2NS/c1-5-6(9)4-7(13-5)8(10,11)2-3-12/h4H,2-3,12H2,1H3. The fourth-order valence-corrected chi connectivity index (χ4v) is 2.48. The second-order valence-corrected chi connectivity index (χ2v) is 4.87. The van der Waals surface area contributed by atoms with Gasteiger partial charge in [-0.2, -0.15) is 0 Å². The first-order chi connectivity index (χ1) is 5.97. The molecular weight excluding hydrogens is 260 g/mol. The average molecular weight is 270 g/mol. The van der Waals surface area contributed by atoms with Crippen LogP contribution in [0.1, 0.15) is 16.2 Å². The molecule has 1 heterocycles. The molecule has 0 aliphatic carbocycles. The molecule has 0 aliphatic heterocycles. The van der Waals surface area contributed by atoms with Gasteiger partial charge in [0.25, 0.3) is 5.92 Å². The highest BCUT2D eigenvalue weighted by molar-refractivity contribution is 9.10. The van der Waals surface area contributed by atoms with Crippen LogP contribution in [0.4, 0.5) is 8.78 Å². The van der Waals surface area contributed by atoms with E-state index in [-0.39, 0.29) is 17.8 Å². The van der Waals surface area contributed by atoms with Crippen LogP contribution in [0.2, 0.25) is 0 Å². The third-order valence-electron chi connectivity index (χ3n) is 1.68. The normalized spacial score (nSPS) is 12.1. The van der Waals surface area contributed by atoms with Crippen molar-refractivity contribution in [1.82, 2.24) is 0 Å². The Hall–Kier alpha value is -0.0000000000000000555. The summed E-state index contributed by atoms with van der Waals surface area (Å²) in [7, 11) is 0. The number of hydrogen-bond acceptors (Lipinski definition) is 2. The summed E-state index contributed by atoms with van der Waals surface area (Å²) in [6, 6.07) is 1.47. The number of rotatable bonds is 3. The maximum atomic E-state index is 13.3. The molecule has 0 fully saturated rings. The molecule has 0 unspecified atom stereocenters. The lowest BCUT2D eigenvalue weighted by molar-refractivity contribution is -0.00685. The molecule has 1 aromatic heterocycles. The van der Waals surface area contributed by atoms with Crippen molar-refractivity contribution >= 4 is 27.3 Å². The van der Waals surface area contributed by atoms with Crippen molar-refractivity contribution in [3.8, 4) is 0 Å². The minimum Gasteiger partial charge on any atom is -0.330 e. The molecule has 0 aromatic carbocycles. The highest BCUT2D eigenvalue weighted by Crippen LogP contribution is 2.39. The molecule has 0 aliphatic rings. The van der Waals surface area contributed by atoms with Gasteiger partial charge in [0.05, 0.1) is 4.88 Å². The first kappa shape index (κ1) is 11.1. The second-order valence-electron chi connectivity index (χ2n) is 2.76. The van der Waals surface area contributed by atoms with Crippen LogP contribution < -0.4 is 5.73 Å². The number of halogens is 3. The lowest BCUT2D eigenvalue weighted by atomic mass is 10.2. The number of nitrogens with two attached hydrogens (primary N) is 1. The fraction of sp³-hybridized carbons (Fsp3) is 0.500. The van der Waals surface area contributed by atoms with Gasteiger partial charge in [-0.05, 0) is 35.5 Å². The molecule has 13 heavy (non-hydrogen) atoms. The molecule has 0 saturated heterocycles. The quantitative estimate of drug-likeness (QED) is 0.896. The molecule has 1 rings (SSSR count). The molecule has 0 amide bonds. The van der Waals surface area contributed by atoms with Crippen LogP contribution in [0, 0.1) is 6.92 Å². The van der Waals surface area contributed by atoms with E-state index in [1.807, 2.05) is 0 Å². The predicted molar refractivity (Wildman–Crippen MR) is 54.3 cm³/mol. The van der Waals surface area contributed by atoms with Gasteiger partial charge < -0.3 is 5.73 Å². The van der Waals surface area contributed by atoms with Gasteiger partial charge in [0.2, 0.25) is 0 Å². The van der Waals surface area contributed by atoms with Crippen molar-refractivity contribution in [3.05, 3.63) is 20.3 Å². The van der Waals surface area contributed by atoms with Crippen molar-refractivity contribution < 1.29 is 8.78 Å². The van der Waals surface area contributed by atoms with E-state index < -0.39 is 5.92 Å². The summed E-state index contributed by atoms with van der Waals surface area (Å²) in [5.41, 5.74) is 5.11. The maximum Gasteiger partial charge on any atom is 0.283 e. The Labute approximate surface area is 88.1 Å². The molecule has 1 nitrogen and oxygen atoms in total. The summed E-state index contributed by atoms with van der Waals surface area (Å²) in [4.78, 5) is 0.953. The van der Waals surface area contributed by atoms with Gasteiger partial charge >= 0.3 is 0 Å². The van der Waals surface area contributed by atoms with Crippen molar-refractivity contribution in [2.75, 3.05) is 6.54 Å². The first-order valence-corrected chi connectivity index (χ1v) is 5.42. The van der Waals surface area contributed by atoms with Crippen LogP contribution in [0.5, 0.6) is 0 Å². The summed E-state index contributed by atoms with van der Waals surface area (Å²) in [5, 5.41) is 0. The molecule has 2 N–H and O–H groups in total. The van der Waals surface area contributed by atoms with E-state index in [4.69, 9.17) is 5.73 Å². The third kappa shape index (κ3) is 2.48. The molecule has 1 aromatic rings. The SMILES string of the molecule is Cc1sc(C(F)(F)CCN)cc1Br. The molecule has 5 heteroatoms. The zero-order chi connectivity index (χ0) is 10.1. The molecule has 0 saturated carbocycles. The van der Waals surface area contributed by atoms with Crippen LogP contribution in [0.15, 0.2) is 10.5 Å². The molecular formula is C8H10BrF2NS. The second kappa shape index (κ2) is 4.02. The number of hydrogen-bond donors (Lipinski definition) is 1. The topological polar surface area (TPSA) is 26.0 Å². The van der Waals surface area contributed by atoms with E-state index in [0.717, 1.165) is 20.7 Å². The Morgan fingerprint density at radius 3 is 2.62 bits per heavy atom. The first-order valence-electron chi connectivity index (χ1n) is 3.81. The van der Waals surface area contributed by atoms with E-state index in [1.54, 1.807) is 6.92 Å². The van der Waals surface area contributed by atoms with Crippen LogP contribution in [-0.4, -0.2) is 6.54 Å². The van der Waals surface area contributed by atoms with Gasteiger partial charge in [-0.1, -0.05) is 0 Å². The summed E-state index contributed by atoms with van der Waals surface area (Å²) in [6.45, 7) is 1.80. The van der Waals surface area contributed by atoms with Crippen LogP contribution in [-0.2, 0) is 5.92 Å². The summed E-state index contributed by atoms with van der Waals surface area (Å²) in [6.07, 6.45) is -0.292. The smallest absolute Gasteiger partial charge is 0.283 e. The number of aryl methyl sites for hydroxylation is 1. The summed E-state index contributed by atoms with van der Waals surface area (Å²) >= 11 is 4.31. The highest BCUT2D eigenvalue weighted by Gasteiger charge is 2.32. The Bertz CT molecular complexity index is 279. The highest BCUT2D eigenvalue weighted by atomic mass is 79.9. The summed E-state index contributed by atoms with van der Waals surface area (Å²) in [5.74, 6) is -2.78. The molecule has 74 valence electrons. The zero-order valence-corrected chi connectivity index (χ0v) is 9.51. The lowest BCUT2D eigenvalue weighted by Gasteiger charge is -2.12. The molecule has 0 spiro atoms. The van der Waals surface area contributed by atoms with E-state index in [0.29, 0.717) is 0 Å². The maximum absolute atomic E-state index is 13.3. The van der Waals surface area contributed by atoms with Gasteiger partial charge in [-0.25, -0.2) is 8.78 Å². The lowest BCUT2D eigenvalue weighted by Crippen LogP contribution is -2.17. The Morgan fingerprint density at radius 2 is 2.23 bits per heavy atom. The van der Waals surface area contributed by atoms with E-state index in [9.17, 15) is 8.78 Å². The Morgan fingerprint density at radius 1 is 1.62 bits per heavy atom. The molecule has 0 atom stereocenters. The van der Waals surface area contributed by atoms with E-state index >= 15 is 0 Å². The minimum atomic E-state index is -2.78. The minimum absolute atomic E-state index is 0.00155. The van der Waals surface area contributed by atoms with Gasteiger partial charge in [-0.15, -0.1) is 11.3 Å². The number of alkyl halides is 2. The van der Waals surface area contributed by atoms with Crippen molar-refractivity contribution in [2.45, 2.75) is 19.3 Å². The zero-order valence-electron chi connectivity index (χ0n) is 7.11. The van der Waals surface area contributed by atoms with Crippen molar-refractivity contribution in [1.29, 1.82) is 0 Å². The largest absolute Gasteiger partial charge is 0.330 e.